The van der Waals surface area contributed by atoms with Crippen LogP contribution >= 0.6 is 0 Å². The number of rotatable bonds is 6. The quantitative estimate of drug-likeness (QED) is 0.488. The van der Waals surface area contributed by atoms with Gasteiger partial charge in [0.2, 0.25) is 0 Å². The van der Waals surface area contributed by atoms with E-state index >= 15 is 0 Å². The van der Waals surface area contributed by atoms with Gasteiger partial charge in [-0.1, -0.05) is 54.4 Å². The average molecular weight is 402 g/mol. The first-order valence-electron chi connectivity index (χ1n) is 13.6. The largest absolute Gasteiger partial charge is 0.316 e. The molecule has 4 rings (SSSR count). The first-order chi connectivity index (χ1) is 13.9. The van der Waals surface area contributed by atoms with Crippen LogP contribution in [0.15, 0.2) is 0 Å². The molecule has 4 fully saturated rings. The summed E-state index contributed by atoms with van der Waals surface area (Å²) in [6.45, 7) is 17.9. The SMILES string of the molecule is CCC(CCC(C)C1CCC2C3C(C)CC4CNCCC4C3CCC12C)C(C)C. The zero-order valence-electron chi connectivity index (χ0n) is 20.6. The number of hydrogen-bond donors (Lipinski definition) is 1. The minimum Gasteiger partial charge on any atom is -0.316 e. The maximum Gasteiger partial charge on any atom is -0.00177 e. The highest BCUT2D eigenvalue weighted by Gasteiger charge is 2.58. The van der Waals surface area contributed by atoms with Crippen LogP contribution in [-0.2, 0) is 0 Å². The third-order valence-corrected chi connectivity index (χ3v) is 11.2. The van der Waals surface area contributed by atoms with Crippen LogP contribution < -0.4 is 5.32 Å². The lowest BCUT2D eigenvalue weighted by atomic mass is 9.47. The molecule has 0 radical (unpaired) electrons. The third kappa shape index (κ3) is 3.96. The summed E-state index contributed by atoms with van der Waals surface area (Å²) in [4.78, 5) is 0. The van der Waals surface area contributed by atoms with Crippen LogP contribution in [0.3, 0.4) is 0 Å². The fourth-order valence-corrected chi connectivity index (χ4v) is 9.60. The average Bonchev–Trinajstić information content (AvgIpc) is 3.05. The van der Waals surface area contributed by atoms with Gasteiger partial charge in [-0.2, -0.15) is 0 Å². The summed E-state index contributed by atoms with van der Waals surface area (Å²) in [6, 6.07) is 0. The molecule has 1 saturated heterocycles. The van der Waals surface area contributed by atoms with Gasteiger partial charge in [0.25, 0.3) is 0 Å². The molecule has 1 aliphatic heterocycles. The molecule has 0 bridgehead atoms. The fraction of sp³-hybridized carbons (Fsp3) is 1.00. The van der Waals surface area contributed by atoms with Crippen LogP contribution in [0.4, 0.5) is 0 Å². The van der Waals surface area contributed by atoms with Crippen LogP contribution in [-0.4, -0.2) is 13.1 Å². The molecule has 1 N–H and O–H groups in total. The molecule has 0 aromatic heterocycles. The Morgan fingerprint density at radius 3 is 2.52 bits per heavy atom. The maximum atomic E-state index is 3.71. The van der Waals surface area contributed by atoms with Gasteiger partial charge in [-0.25, -0.2) is 0 Å². The molecule has 10 atom stereocenters. The predicted molar refractivity (Wildman–Crippen MR) is 126 cm³/mol. The predicted octanol–water partition coefficient (Wildman–Crippen LogP) is 7.41. The Kier molecular flexibility index (Phi) is 6.75. The Hall–Kier alpha value is -0.0400. The van der Waals surface area contributed by atoms with Gasteiger partial charge in [0.1, 0.15) is 0 Å². The van der Waals surface area contributed by atoms with Gasteiger partial charge in [-0.3, -0.25) is 0 Å². The molecular weight excluding hydrogens is 350 g/mol. The Bertz CT molecular complexity index is 540. The van der Waals surface area contributed by atoms with Gasteiger partial charge in [-0.05, 0) is 123 Å². The molecule has 1 heteroatoms. The highest BCUT2D eigenvalue weighted by molar-refractivity contribution is 5.08. The fourth-order valence-electron chi connectivity index (χ4n) is 9.60. The van der Waals surface area contributed by atoms with Crippen LogP contribution in [0.5, 0.6) is 0 Å². The van der Waals surface area contributed by atoms with Crippen LogP contribution in [0.1, 0.15) is 99.3 Å². The van der Waals surface area contributed by atoms with Crippen molar-refractivity contribution in [1.82, 2.24) is 5.32 Å². The Morgan fingerprint density at radius 2 is 1.79 bits per heavy atom. The van der Waals surface area contributed by atoms with Crippen molar-refractivity contribution in [2.75, 3.05) is 13.1 Å². The van der Waals surface area contributed by atoms with E-state index < -0.39 is 0 Å². The second-order valence-corrected chi connectivity index (χ2v) is 12.7. The number of hydrogen-bond acceptors (Lipinski definition) is 1. The van der Waals surface area contributed by atoms with Gasteiger partial charge in [-0.15, -0.1) is 0 Å². The lowest BCUT2D eigenvalue weighted by Crippen LogP contribution is -2.54. The minimum atomic E-state index is 0.647. The molecule has 0 aromatic rings. The van der Waals surface area contributed by atoms with E-state index in [1.165, 1.54) is 51.6 Å². The standard InChI is InChI=1S/C28H51N/c1-7-21(18(2)3)9-8-19(4)25-10-11-26-27-20(5)16-22-17-29-15-13-23(22)24(27)12-14-28(25,26)6/h18-27,29H,7-17H2,1-6H3. The zero-order valence-corrected chi connectivity index (χ0v) is 20.6. The molecule has 0 spiro atoms. The van der Waals surface area contributed by atoms with Gasteiger partial charge in [0.05, 0.1) is 0 Å². The van der Waals surface area contributed by atoms with Gasteiger partial charge in [0, 0.05) is 0 Å². The van der Waals surface area contributed by atoms with Gasteiger partial charge < -0.3 is 5.32 Å². The molecule has 29 heavy (non-hydrogen) atoms. The van der Waals surface area contributed by atoms with Gasteiger partial charge >= 0.3 is 0 Å². The van der Waals surface area contributed by atoms with Crippen LogP contribution in [0.2, 0.25) is 0 Å². The van der Waals surface area contributed by atoms with E-state index in [1.54, 1.807) is 19.3 Å². The summed E-state index contributed by atoms with van der Waals surface area (Å²) in [6.07, 6.45) is 13.5. The molecule has 10 unspecified atom stereocenters. The van der Waals surface area contributed by atoms with E-state index in [9.17, 15) is 0 Å². The minimum absolute atomic E-state index is 0.647. The number of piperidine rings is 1. The zero-order chi connectivity index (χ0) is 20.8. The third-order valence-electron chi connectivity index (χ3n) is 11.2. The van der Waals surface area contributed by atoms with E-state index in [0.29, 0.717) is 5.41 Å². The molecule has 1 heterocycles. The molecule has 4 aliphatic rings. The summed E-state index contributed by atoms with van der Waals surface area (Å²) >= 11 is 0. The monoisotopic (exact) mass is 401 g/mol. The van der Waals surface area contributed by atoms with Crippen molar-refractivity contribution >= 4 is 0 Å². The second-order valence-electron chi connectivity index (χ2n) is 12.7. The Labute approximate surface area is 182 Å². The first-order valence-corrected chi connectivity index (χ1v) is 13.6. The highest BCUT2D eigenvalue weighted by Crippen LogP contribution is 2.66. The maximum absolute atomic E-state index is 3.71. The second kappa shape index (κ2) is 8.84. The first kappa shape index (κ1) is 22.2. The van der Waals surface area contributed by atoms with Crippen molar-refractivity contribution < 1.29 is 0 Å². The summed E-state index contributed by atoms with van der Waals surface area (Å²) in [7, 11) is 0. The molecular formula is C28H51N. The lowest BCUT2D eigenvalue weighted by molar-refractivity contribution is -0.0912. The van der Waals surface area contributed by atoms with E-state index in [4.69, 9.17) is 0 Å². The summed E-state index contributed by atoms with van der Waals surface area (Å²) in [5.74, 6) is 9.86. The van der Waals surface area contributed by atoms with E-state index in [0.717, 1.165) is 59.2 Å². The van der Waals surface area contributed by atoms with Crippen molar-refractivity contribution in [3.63, 3.8) is 0 Å². The van der Waals surface area contributed by atoms with Crippen molar-refractivity contribution in [1.29, 1.82) is 0 Å². The highest BCUT2D eigenvalue weighted by atomic mass is 14.9. The Morgan fingerprint density at radius 1 is 1.00 bits per heavy atom. The van der Waals surface area contributed by atoms with Crippen molar-refractivity contribution in [3.8, 4) is 0 Å². The summed E-state index contributed by atoms with van der Waals surface area (Å²) in [5.41, 5.74) is 0.647. The molecule has 0 aromatic carbocycles. The summed E-state index contributed by atoms with van der Waals surface area (Å²) < 4.78 is 0. The van der Waals surface area contributed by atoms with Crippen LogP contribution in [0.25, 0.3) is 0 Å². The van der Waals surface area contributed by atoms with E-state index in [-0.39, 0.29) is 0 Å². The topological polar surface area (TPSA) is 12.0 Å². The lowest BCUT2D eigenvalue weighted by Gasteiger charge is -2.58. The van der Waals surface area contributed by atoms with E-state index in [1.807, 2.05) is 0 Å². The molecule has 168 valence electrons. The van der Waals surface area contributed by atoms with Crippen LogP contribution in [0, 0.1) is 64.6 Å². The summed E-state index contributed by atoms with van der Waals surface area (Å²) in [5, 5.41) is 3.71. The van der Waals surface area contributed by atoms with E-state index in [2.05, 4.69) is 46.9 Å². The number of fused-ring (bicyclic) bond motifs is 5. The number of nitrogens with one attached hydrogen (secondary N) is 1. The molecule has 1 nitrogen and oxygen atoms in total. The van der Waals surface area contributed by atoms with Gasteiger partial charge in [0.15, 0.2) is 0 Å². The normalized spacial score (nSPS) is 46.7. The van der Waals surface area contributed by atoms with Crippen molar-refractivity contribution in [2.24, 2.45) is 64.6 Å². The molecule has 0 amide bonds. The Balaban J connectivity index is 1.45. The molecule has 3 saturated carbocycles. The van der Waals surface area contributed by atoms with Crippen molar-refractivity contribution in [3.05, 3.63) is 0 Å². The molecule has 3 aliphatic carbocycles. The van der Waals surface area contributed by atoms with Crippen molar-refractivity contribution in [2.45, 2.75) is 99.3 Å². The smallest absolute Gasteiger partial charge is 0.00177 e.